The van der Waals surface area contributed by atoms with E-state index in [1.807, 2.05) is 13.0 Å². The van der Waals surface area contributed by atoms with Crippen LogP contribution in [0.5, 0.6) is 0 Å². The Labute approximate surface area is 243 Å². The number of rotatable bonds is 4. The third kappa shape index (κ3) is 3.93. The molecule has 6 rings (SSSR count). The van der Waals surface area contributed by atoms with Crippen molar-refractivity contribution in [1.82, 2.24) is 4.57 Å². The predicted octanol–water partition coefficient (Wildman–Crippen LogP) is 9.85. The lowest BCUT2D eigenvalue weighted by atomic mass is 9.84. The zero-order chi connectivity index (χ0) is 29.4. The minimum Gasteiger partial charge on any atom is -0.239 e. The van der Waals surface area contributed by atoms with Gasteiger partial charge in [0.1, 0.15) is 16.9 Å². The molecule has 0 aliphatic rings. The van der Waals surface area contributed by atoms with Crippen molar-refractivity contribution in [1.29, 1.82) is 0 Å². The molecule has 0 saturated carbocycles. The lowest BCUT2D eigenvalue weighted by molar-refractivity contribution is -0.467. The smallest absolute Gasteiger partial charge is 0.239 e. The van der Waals surface area contributed by atoms with Crippen LogP contribution >= 0.6 is 0 Å². The fraction of sp³-hybridized carbons (Fsp3) is 0.289. The van der Waals surface area contributed by atoms with Gasteiger partial charge in [0.2, 0.25) is 0 Å². The van der Waals surface area contributed by atoms with Crippen molar-refractivity contribution in [3.63, 3.8) is 0 Å². The first-order valence-corrected chi connectivity index (χ1v) is 14.7. The molecule has 0 radical (unpaired) electrons. The monoisotopic (exact) mass is 543 g/mol. The van der Waals surface area contributed by atoms with E-state index in [9.17, 15) is 0 Å². The molecule has 6 aromatic rings. The molecule has 0 amide bonds. The maximum absolute atomic E-state index is 16.6. The Morgan fingerprint density at radius 3 is 1.93 bits per heavy atom. The molecule has 2 heterocycles. The van der Waals surface area contributed by atoms with Gasteiger partial charge in [-0.25, -0.2) is 8.96 Å². The molecule has 41 heavy (non-hydrogen) atoms. The Morgan fingerprint density at radius 2 is 1.34 bits per heavy atom. The van der Waals surface area contributed by atoms with Crippen LogP contribution in [0.15, 0.2) is 66.7 Å². The molecule has 0 N–H and O–H groups in total. The highest BCUT2D eigenvalue weighted by atomic mass is 19.1. The van der Waals surface area contributed by atoms with E-state index in [1.54, 1.807) is 6.92 Å². The van der Waals surface area contributed by atoms with Crippen molar-refractivity contribution < 1.29 is 8.79 Å². The summed E-state index contributed by atoms with van der Waals surface area (Å²) in [4.78, 5) is 0. The van der Waals surface area contributed by atoms with Crippen LogP contribution in [0.1, 0.15) is 59.3 Å². The maximum Gasteiger partial charge on any atom is 0.295 e. The molecule has 2 aromatic heterocycles. The molecule has 2 nitrogen and oxygen atoms in total. The fourth-order valence-corrected chi connectivity index (χ4v) is 6.96. The largest absolute Gasteiger partial charge is 0.295 e. The van der Waals surface area contributed by atoms with Crippen LogP contribution in [0.3, 0.4) is 0 Å². The van der Waals surface area contributed by atoms with Gasteiger partial charge < -0.3 is 0 Å². The van der Waals surface area contributed by atoms with E-state index in [-0.39, 0.29) is 0 Å². The summed E-state index contributed by atoms with van der Waals surface area (Å²) >= 11 is 0. The lowest BCUT2D eigenvalue weighted by Crippen LogP contribution is -2.27. The van der Waals surface area contributed by atoms with Gasteiger partial charge in [-0.05, 0) is 99.0 Å². The van der Waals surface area contributed by atoms with Crippen LogP contribution in [-0.4, -0.2) is 4.57 Å². The van der Waals surface area contributed by atoms with Gasteiger partial charge in [0.05, 0.1) is 12.4 Å². The molecule has 0 bridgehead atoms. The van der Waals surface area contributed by atoms with Crippen molar-refractivity contribution in [2.24, 2.45) is 7.05 Å². The maximum atomic E-state index is 16.6. The average molecular weight is 544 g/mol. The SMILES string of the molecule is CCC(C)(F)c1ccc(-c2c(C)cccc2C)c2c3ccc(C)cc3[n+]3c(-c4c(C)cccc4C)c(C)n(C)c3c12. The van der Waals surface area contributed by atoms with E-state index in [0.717, 1.165) is 44.1 Å². The zero-order valence-corrected chi connectivity index (χ0v) is 25.8. The van der Waals surface area contributed by atoms with Crippen molar-refractivity contribution in [2.75, 3.05) is 0 Å². The molecule has 0 saturated heterocycles. The van der Waals surface area contributed by atoms with Crippen LogP contribution < -0.4 is 4.40 Å². The number of hydrogen-bond acceptors (Lipinski definition) is 0. The number of alkyl halides is 1. The van der Waals surface area contributed by atoms with E-state index >= 15 is 4.39 Å². The highest BCUT2D eigenvalue weighted by Crippen LogP contribution is 2.45. The molecular weight excluding hydrogens is 503 g/mol. The second-order valence-corrected chi connectivity index (χ2v) is 12.2. The number of nitrogens with zero attached hydrogens (tertiary/aromatic N) is 2. The van der Waals surface area contributed by atoms with Gasteiger partial charge in [0.25, 0.3) is 5.65 Å². The zero-order valence-electron chi connectivity index (χ0n) is 25.8. The summed E-state index contributed by atoms with van der Waals surface area (Å²) in [6.45, 7) is 16.8. The summed E-state index contributed by atoms with van der Waals surface area (Å²) in [5, 5.41) is 3.27. The van der Waals surface area contributed by atoms with E-state index < -0.39 is 5.67 Å². The van der Waals surface area contributed by atoms with Gasteiger partial charge in [-0.1, -0.05) is 61.5 Å². The first kappa shape index (κ1) is 27.2. The predicted molar refractivity (Wildman–Crippen MR) is 172 cm³/mol. The van der Waals surface area contributed by atoms with Crippen molar-refractivity contribution in [3.05, 3.63) is 106 Å². The Balaban J connectivity index is 1.99. The average Bonchev–Trinajstić information content (AvgIpc) is 3.18. The Hall–Kier alpha value is -3.98. The Morgan fingerprint density at radius 1 is 0.756 bits per heavy atom. The van der Waals surface area contributed by atoms with Crippen molar-refractivity contribution in [2.45, 2.75) is 67.5 Å². The molecule has 0 fully saturated rings. The number of fused-ring (bicyclic) bond motifs is 6. The number of halogens is 1. The van der Waals surface area contributed by atoms with Crippen molar-refractivity contribution in [3.8, 4) is 22.4 Å². The number of pyridine rings is 1. The van der Waals surface area contributed by atoms with E-state index in [2.05, 4.69) is 118 Å². The first-order chi connectivity index (χ1) is 19.5. The van der Waals surface area contributed by atoms with E-state index in [0.29, 0.717) is 6.42 Å². The van der Waals surface area contributed by atoms with Gasteiger partial charge in [-0.3, -0.25) is 0 Å². The Bertz CT molecular complexity index is 1980. The molecule has 4 aromatic carbocycles. The molecule has 0 aliphatic heterocycles. The van der Waals surface area contributed by atoms with Crippen LogP contribution in [0.2, 0.25) is 0 Å². The van der Waals surface area contributed by atoms with E-state index in [1.165, 1.54) is 44.6 Å². The third-order valence-electron chi connectivity index (χ3n) is 9.39. The van der Waals surface area contributed by atoms with Gasteiger partial charge in [0, 0.05) is 28.8 Å². The number of benzene rings is 4. The van der Waals surface area contributed by atoms with Crippen molar-refractivity contribution >= 4 is 27.3 Å². The van der Waals surface area contributed by atoms with Gasteiger partial charge >= 0.3 is 0 Å². The van der Waals surface area contributed by atoms with Gasteiger partial charge in [-0.2, -0.15) is 4.40 Å². The van der Waals surface area contributed by atoms with Gasteiger partial charge in [0.15, 0.2) is 5.69 Å². The second kappa shape index (κ2) is 9.55. The number of hydrogen-bond donors (Lipinski definition) is 0. The summed E-state index contributed by atoms with van der Waals surface area (Å²) in [7, 11) is 2.14. The number of imidazole rings is 1. The fourth-order valence-electron chi connectivity index (χ4n) is 6.96. The van der Waals surface area contributed by atoms with Crippen LogP contribution in [0.4, 0.5) is 4.39 Å². The molecule has 1 unspecified atom stereocenters. The third-order valence-corrected chi connectivity index (χ3v) is 9.39. The first-order valence-electron chi connectivity index (χ1n) is 14.7. The number of aromatic nitrogens is 2. The molecule has 0 spiro atoms. The molecule has 1 atom stereocenters. The number of aryl methyl sites for hydroxylation is 6. The Kier molecular flexibility index (Phi) is 6.33. The summed E-state index contributed by atoms with van der Waals surface area (Å²) in [6, 6.07) is 23.9. The van der Waals surface area contributed by atoms with Crippen LogP contribution in [-0.2, 0) is 12.7 Å². The lowest BCUT2D eigenvalue weighted by Gasteiger charge is -2.23. The van der Waals surface area contributed by atoms with Crippen LogP contribution in [0.25, 0.3) is 49.7 Å². The standard InChI is InChI=1S/C38H40FN2/c1-10-38(8,39)30-20-19-29(32-23(3)13-11-14-24(32)4)34-28-18-17-22(2)21-31(28)41-36(27(7)40(9)37(41)35(30)34)33-25(5)15-12-16-26(33)6/h11-21H,10H2,1-9H3/q+1. The van der Waals surface area contributed by atoms with Crippen LogP contribution in [0, 0.1) is 41.5 Å². The molecule has 0 aliphatic carbocycles. The van der Waals surface area contributed by atoms with Gasteiger partial charge in [-0.15, -0.1) is 0 Å². The minimum atomic E-state index is -1.49. The van der Waals surface area contributed by atoms with E-state index in [4.69, 9.17) is 0 Å². The summed E-state index contributed by atoms with van der Waals surface area (Å²) < 4.78 is 21.3. The molecule has 208 valence electrons. The summed E-state index contributed by atoms with van der Waals surface area (Å²) in [6.07, 6.45) is 0.399. The summed E-state index contributed by atoms with van der Waals surface area (Å²) in [5.74, 6) is 0. The quantitative estimate of drug-likeness (QED) is 0.155. The highest BCUT2D eigenvalue weighted by Gasteiger charge is 2.35. The second-order valence-electron chi connectivity index (χ2n) is 12.2. The normalized spacial score (nSPS) is 13.4. The topological polar surface area (TPSA) is 9.03 Å². The minimum absolute atomic E-state index is 0.399. The molecular formula is C38H40FN2+. The molecule has 3 heteroatoms. The highest BCUT2D eigenvalue weighted by molar-refractivity contribution is 6.18. The summed E-state index contributed by atoms with van der Waals surface area (Å²) in [5.41, 5.74) is 13.6.